The highest BCUT2D eigenvalue weighted by Crippen LogP contribution is 2.26. The molecule has 0 aromatic heterocycles. The van der Waals surface area contributed by atoms with Crippen molar-refractivity contribution in [3.63, 3.8) is 0 Å². The fourth-order valence-corrected chi connectivity index (χ4v) is 1.35. The molecule has 1 fully saturated rings. The molecule has 0 amide bonds. The fraction of sp³-hybridized carbons (Fsp3) is 1.00. The molecule has 0 spiro atoms. The number of aliphatic hydroxyl groups excluding tert-OH is 1. The summed E-state index contributed by atoms with van der Waals surface area (Å²) in [6.45, 7) is 0.357. The van der Waals surface area contributed by atoms with Crippen molar-refractivity contribution in [1.29, 1.82) is 0 Å². The van der Waals surface area contributed by atoms with Crippen LogP contribution < -0.4 is 5.73 Å². The van der Waals surface area contributed by atoms with E-state index in [1.54, 1.807) is 4.90 Å². The highest BCUT2D eigenvalue weighted by Gasteiger charge is 2.38. The Hall–Kier alpha value is -0.260. The summed E-state index contributed by atoms with van der Waals surface area (Å²) in [5.74, 6) is -2.56. The summed E-state index contributed by atoms with van der Waals surface area (Å²) in [6.07, 6.45) is -0.0921. The third-order valence-electron chi connectivity index (χ3n) is 1.98. The van der Waals surface area contributed by atoms with Crippen molar-refractivity contribution < 1.29 is 13.9 Å². The molecule has 1 saturated heterocycles. The van der Waals surface area contributed by atoms with E-state index in [0.717, 1.165) is 0 Å². The Morgan fingerprint density at radius 2 is 2.25 bits per heavy atom. The summed E-state index contributed by atoms with van der Waals surface area (Å²) in [5, 5.41) is 8.59. The molecule has 1 rings (SSSR count). The van der Waals surface area contributed by atoms with Crippen LogP contribution in [0.4, 0.5) is 8.78 Å². The molecule has 1 unspecified atom stereocenters. The van der Waals surface area contributed by atoms with Gasteiger partial charge in [-0.1, -0.05) is 0 Å². The van der Waals surface area contributed by atoms with Crippen LogP contribution in [0, 0.1) is 0 Å². The number of aliphatic hydroxyl groups is 1. The monoisotopic (exact) mass is 180 g/mol. The van der Waals surface area contributed by atoms with Crippen molar-refractivity contribution in [2.24, 2.45) is 5.73 Å². The van der Waals surface area contributed by atoms with Gasteiger partial charge in [0.1, 0.15) is 0 Å². The topological polar surface area (TPSA) is 49.5 Å². The zero-order chi connectivity index (χ0) is 9.19. The first-order valence-corrected chi connectivity index (χ1v) is 4.00. The van der Waals surface area contributed by atoms with E-state index in [9.17, 15) is 8.78 Å². The first kappa shape index (κ1) is 9.83. The molecule has 1 aliphatic rings. The van der Waals surface area contributed by atoms with Crippen molar-refractivity contribution >= 4 is 0 Å². The number of rotatable bonds is 3. The van der Waals surface area contributed by atoms with E-state index in [0.29, 0.717) is 13.1 Å². The maximum absolute atomic E-state index is 12.6. The number of nitrogens with zero attached hydrogens (tertiary/aromatic N) is 1. The minimum absolute atomic E-state index is 0.0921. The lowest BCUT2D eigenvalue weighted by molar-refractivity contribution is 0.0112. The Balaban J connectivity index is 2.28. The Kier molecular flexibility index (Phi) is 2.98. The first-order valence-electron chi connectivity index (χ1n) is 4.00. The van der Waals surface area contributed by atoms with Crippen LogP contribution in [-0.4, -0.2) is 48.2 Å². The zero-order valence-corrected chi connectivity index (χ0v) is 6.84. The van der Waals surface area contributed by atoms with Crippen LogP contribution in [0.25, 0.3) is 0 Å². The summed E-state index contributed by atoms with van der Waals surface area (Å²) in [6, 6.07) is -0.404. The maximum atomic E-state index is 12.6. The van der Waals surface area contributed by atoms with E-state index in [-0.39, 0.29) is 19.6 Å². The van der Waals surface area contributed by atoms with Gasteiger partial charge >= 0.3 is 0 Å². The van der Waals surface area contributed by atoms with Gasteiger partial charge in [-0.3, -0.25) is 4.90 Å². The van der Waals surface area contributed by atoms with Crippen LogP contribution in [0.1, 0.15) is 6.42 Å². The highest BCUT2D eigenvalue weighted by atomic mass is 19.3. The van der Waals surface area contributed by atoms with E-state index in [1.165, 1.54) is 0 Å². The van der Waals surface area contributed by atoms with Gasteiger partial charge in [0.05, 0.1) is 13.2 Å². The summed E-state index contributed by atoms with van der Waals surface area (Å²) in [7, 11) is 0. The molecular formula is C7H14F2N2O. The molecule has 1 heterocycles. The average molecular weight is 180 g/mol. The van der Waals surface area contributed by atoms with E-state index < -0.39 is 12.0 Å². The van der Waals surface area contributed by atoms with E-state index >= 15 is 0 Å². The van der Waals surface area contributed by atoms with Crippen LogP contribution in [0.2, 0.25) is 0 Å². The van der Waals surface area contributed by atoms with Crippen LogP contribution in [0.15, 0.2) is 0 Å². The van der Waals surface area contributed by atoms with Crippen LogP contribution in [0.3, 0.4) is 0 Å². The van der Waals surface area contributed by atoms with Gasteiger partial charge in [-0.25, -0.2) is 8.78 Å². The van der Waals surface area contributed by atoms with E-state index in [4.69, 9.17) is 10.8 Å². The van der Waals surface area contributed by atoms with Crippen LogP contribution in [0.5, 0.6) is 0 Å². The maximum Gasteiger partial charge on any atom is 0.261 e. The van der Waals surface area contributed by atoms with Crippen molar-refractivity contribution in [3.05, 3.63) is 0 Å². The molecule has 0 bridgehead atoms. The Morgan fingerprint density at radius 1 is 1.58 bits per heavy atom. The average Bonchev–Trinajstić information content (AvgIpc) is 2.30. The molecule has 0 aliphatic carbocycles. The van der Waals surface area contributed by atoms with Crippen molar-refractivity contribution in [2.45, 2.75) is 18.4 Å². The SMILES string of the molecule is NC(CO)CN1CCC(F)(F)C1. The predicted octanol–water partition coefficient (Wildman–Crippen LogP) is -0.353. The van der Waals surface area contributed by atoms with Gasteiger partial charge in [-0.15, -0.1) is 0 Å². The molecule has 0 saturated carbocycles. The summed E-state index contributed by atoms with van der Waals surface area (Å²) >= 11 is 0. The third-order valence-corrected chi connectivity index (χ3v) is 1.98. The molecule has 0 aromatic rings. The quantitative estimate of drug-likeness (QED) is 0.624. The van der Waals surface area contributed by atoms with Crippen molar-refractivity contribution in [1.82, 2.24) is 4.90 Å². The number of alkyl halides is 2. The normalized spacial score (nSPS) is 26.0. The van der Waals surface area contributed by atoms with Crippen molar-refractivity contribution in [3.8, 4) is 0 Å². The molecule has 72 valence electrons. The lowest BCUT2D eigenvalue weighted by Gasteiger charge is -2.18. The molecular weight excluding hydrogens is 166 g/mol. The lowest BCUT2D eigenvalue weighted by Crippen LogP contribution is -2.39. The third kappa shape index (κ3) is 2.66. The smallest absolute Gasteiger partial charge is 0.261 e. The van der Waals surface area contributed by atoms with Gasteiger partial charge in [-0.2, -0.15) is 0 Å². The number of hydrogen-bond donors (Lipinski definition) is 2. The second kappa shape index (κ2) is 3.64. The van der Waals surface area contributed by atoms with E-state index in [1.807, 2.05) is 0 Å². The minimum atomic E-state index is -2.56. The molecule has 3 nitrogen and oxygen atoms in total. The van der Waals surface area contributed by atoms with Gasteiger partial charge in [0.2, 0.25) is 0 Å². The van der Waals surface area contributed by atoms with Crippen LogP contribution >= 0.6 is 0 Å². The Morgan fingerprint density at radius 3 is 2.67 bits per heavy atom. The first-order chi connectivity index (χ1) is 5.53. The Labute approximate surface area is 70.1 Å². The lowest BCUT2D eigenvalue weighted by atomic mass is 10.3. The van der Waals surface area contributed by atoms with Gasteiger partial charge in [0.25, 0.3) is 5.92 Å². The number of hydrogen-bond acceptors (Lipinski definition) is 3. The molecule has 5 heteroatoms. The summed E-state index contributed by atoms with van der Waals surface area (Å²) in [4.78, 5) is 1.58. The molecule has 1 aliphatic heterocycles. The molecule has 12 heavy (non-hydrogen) atoms. The summed E-state index contributed by atoms with van der Waals surface area (Å²) in [5.41, 5.74) is 5.40. The van der Waals surface area contributed by atoms with Crippen molar-refractivity contribution in [2.75, 3.05) is 26.2 Å². The van der Waals surface area contributed by atoms with E-state index in [2.05, 4.69) is 0 Å². The fourth-order valence-electron chi connectivity index (χ4n) is 1.35. The second-order valence-electron chi connectivity index (χ2n) is 3.28. The number of nitrogens with two attached hydrogens (primary N) is 1. The Bertz CT molecular complexity index is 154. The van der Waals surface area contributed by atoms with Gasteiger partial charge in [0, 0.05) is 25.6 Å². The molecule has 0 radical (unpaired) electrons. The van der Waals surface area contributed by atoms with Crippen LogP contribution in [-0.2, 0) is 0 Å². The predicted molar refractivity (Wildman–Crippen MR) is 41.1 cm³/mol. The largest absolute Gasteiger partial charge is 0.395 e. The molecule has 1 atom stereocenters. The highest BCUT2D eigenvalue weighted by molar-refractivity contribution is 4.83. The standard InChI is InChI=1S/C7H14F2N2O/c8-7(9)1-2-11(5-7)3-6(10)4-12/h6,12H,1-5,10H2. The minimum Gasteiger partial charge on any atom is -0.395 e. The molecule has 0 aromatic carbocycles. The zero-order valence-electron chi connectivity index (χ0n) is 6.84. The van der Waals surface area contributed by atoms with Gasteiger partial charge in [-0.05, 0) is 0 Å². The van der Waals surface area contributed by atoms with Gasteiger partial charge < -0.3 is 10.8 Å². The second-order valence-corrected chi connectivity index (χ2v) is 3.28. The summed E-state index contributed by atoms with van der Waals surface area (Å²) < 4.78 is 25.2. The number of likely N-dealkylation sites (tertiary alicyclic amines) is 1. The molecule has 3 N–H and O–H groups in total. The number of halogens is 2. The van der Waals surface area contributed by atoms with Gasteiger partial charge in [0.15, 0.2) is 0 Å².